The molecule has 5 nitrogen and oxygen atoms in total. The van der Waals surface area contributed by atoms with E-state index in [0.29, 0.717) is 22.3 Å². The number of amides is 1. The SMILES string of the molecule is CCCCOc1ccc(/C=C(\Cl)c2nnc(C(=O)Nc3ccc(F)cc3)s2)cc1. The van der Waals surface area contributed by atoms with Gasteiger partial charge in [-0.15, -0.1) is 10.2 Å². The Morgan fingerprint density at radius 1 is 1.14 bits per heavy atom. The molecule has 8 heteroatoms. The summed E-state index contributed by atoms with van der Waals surface area (Å²) in [6.07, 6.45) is 3.85. The Morgan fingerprint density at radius 2 is 1.83 bits per heavy atom. The second kappa shape index (κ2) is 10.1. The van der Waals surface area contributed by atoms with Gasteiger partial charge in [0, 0.05) is 5.69 Å². The lowest BCUT2D eigenvalue weighted by Gasteiger charge is -2.05. The minimum atomic E-state index is -0.432. The largest absolute Gasteiger partial charge is 0.494 e. The summed E-state index contributed by atoms with van der Waals surface area (Å²) in [5, 5.41) is 11.5. The van der Waals surface area contributed by atoms with Crippen LogP contribution in [0, 0.1) is 5.82 Å². The molecule has 0 saturated carbocycles. The highest BCUT2D eigenvalue weighted by Crippen LogP contribution is 2.26. The van der Waals surface area contributed by atoms with E-state index in [0.717, 1.165) is 35.5 Å². The molecule has 1 amide bonds. The van der Waals surface area contributed by atoms with E-state index in [-0.39, 0.29) is 10.8 Å². The lowest BCUT2D eigenvalue weighted by atomic mass is 10.2. The fourth-order valence-electron chi connectivity index (χ4n) is 2.33. The predicted molar refractivity (Wildman–Crippen MR) is 115 cm³/mol. The average molecular weight is 432 g/mol. The topological polar surface area (TPSA) is 64.1 Å². The molecule has 1 heterocycles. The van der Waals surface area contributed by atoms with Gasteiger partial charge in [0.2, 0.25) is 5.01 Å². The van der Waals surface area contributed by atoms with Crippen LogP contribution >= 0.6 is 22.9 Å². The molecule has 2 aromatic carbocycles. The molecule has 3 aromatic rings. The zero-order chi connectivity index (χ0) is 20.6. The van der Waals surface area contributed by atoms with Crippen molar-refractivity contribution in [3.63, 3.8) is 0 Å². The first-order valence-electron chi connectivity index (χ1n) is 9.06. The lowest BCUT2D eigenvalue weighted by molar-refractivity contribution is 0.102. The molecule has 0 atom stereocenters. The van der Waals surface area contributed by atoms with Crippen LogP contribution in [0.2, 0.25) is 0 Å². The Labute approximate surface area is 177 Å². The van der Waals surface area contributed by atoms with Crippen molar-refractivity contribution in [3.8, 4) is 5.75 Å². The Hall–Kier alpha value is -2.77. The van der Waals surface area contributed by atoms with Crippen molar-refractivity contribution < 1.29 is 13.9 Å². The molecule has 0 aliphatic heterocycles. The van der Waals surface area contributed by atoms with Gasteiger partial charge in [-0.3, -0.25) is 4.79 Å². The van der Waals surface area contributed by atoms with Crippen LogP contribution in [0.1, 0.15) is 40.1 Å². The molecule has 1 N–H and O–H groups in total. The summed E-state index contributed by atoms with van der Waals surface area (Å²) in [5.41, 5.74) is 1.35. The van der Waals surface area contributed by atoms with E-state index in [9.17, 15) is 9.18 Å². The third-order valence-electron chi connectivity index (χ3n) is 3.87. The molecule has 150 valence electrons. The number of ether oxygens (including phenoxy) is 1. The summed E-state index contributed by atoms with van der Waals surface area (Å²) < 4.78 is 18.6. The summed E-state index contributed by atoms with van der Waals surface area (Å²) in [6.45, 7) is 2.81. The van der Waals surface area contributed by atoms with Crippen LogP contribution in [0.4, 0.5) is 10.1 Å². The van der Waals surface area contributed by atoms with Crippen LogP contribution in [-0.4, -0.2) is 22.7 Å². The Bertz CT molecular complexity index is 988. The van der Waals surface area contributed by atoms with E-state index in [1.807, 2.05) is 24.3 Å². The summed E-state index contributed by atoms with van der Waals surface area (Å²) in [4.78, 5) is 12.3. The van der Waals surface area contributed by atoms with Crippen LogP contribution in [0.25, 0.3) is 11.1 Å². The van der Waals surface area contributed by atoms with Gasteiger partial charge in [-0.1, -0.05) is 48.4 Å². The van der Waals surface area contributed by atoms with Crippen molar-refractivity contribution >= 4 is 45.6 Å². The second-order valence-corrected chi connectivity index (χ2v) is 7.52. The van der Waals surface area contributed by atoms with Gasteiger partial charge in [-0.2, -0.15) is 0 Å². The van der Waals surface area contributed by atoms with E-state index >= 15 is 0 Å². The molecular weight excluding hydrogens is 413 g/mol. The molecule has 0 saturated heterocycles. The lowest BCUT2D eigenvalue weighted by Crippen LogP contribution is -2.11. The molecular formula is C21H19ClFN3O2S. The van der Waals surface area contributed by atoms with E-state index < -0.39 is 5.91 Å². The first kappa shape index (κ1) is 21.0. The second-order valence-electron chi connectivity index (χ2n) is 6.14. The number of aromatic nitrogens is 2. The van der Waals surface area contributed by atoms with Crippen LogP contribution in [-0.2, 0) is 0 Å². The van der Waals surface area contributed by atoms with E-state index in [2.05, 4.69) is 22.4 Å². The zero-order valence-electron chi connectivity index (χ0n) is 15.7. The Balaban J connectivity index is 1.64. The number of nitrogens with zero attached hydrogens (tertiary/aromatic N) is 2. The molecule has 0 aliphatic carbocycles. The van der Waals surface area contributed by atoms with Crippen molar-refractivity contribution in [3.05, 3.63) is 69.9 Å². The average Bonchev–Trinajstić information content (AvgIpc) is 3.22. The molecule has 0 radical (unpaired) electrons. The summed E-state index contributed by atoms with van der Waals surface area (Å²) in [7, 11) is 0. The number of carbonyl (C=O) groups is 1. The van der Waals surface area contributed by atoms with Crippen molar-refractivity contribution in [1.29, 1.82) is 0 Å². The van der Waals surface area contributed by atoms with E-state index in [4.69, 9.17) is 16.3 Å². The molecule has 3 rings (SSSR count). The molecule has 0 spiro atoms. The van der Waals surface area contributed by atoms with Crippen molar-refractivity contribution in [1.82, 2.24) is 10.2 Å². The van der Waals surface area contributed by atoms with Crippen molar-refractivity contribution in [2.24, 2.45) is 0 Å². The van der Waals surface area contributed by atoms with Gasteiger partial charge in [0.05, 0.1) is 11.6 Å². The molecule has 1 aromatic heterocycles. The third-order valence-corrected chi connectivity index (χ3v) is 5.22. The van der Waals surface area contributed by atoms with Gasteiger partial charge in [-0.25, -0.2) is 4.39 Å². The minimum absolute atomic E-state index is 0.163. The van der Waals surface area contributed by atoms with Gasteiger partial charge in [0.1, 0.15) is 11.6 Å². The zero-order valence-corrected chi connectivity index (χ0v) is 17.3. The standard InChI is InChI=1S/C21H19ClFN3O2S/c1-2-3-12-28-17-10-4-14(5-11-17)13-18(22)20-25-26-21(29-20)19(27)24-16-8-6-15(23)7-9-16/h4-11,13H,2-3,12H2,1H3,(H,24,27)/b18-13-. The van der Waals surface area contributed by atoms with E-state index in [1.165, 1.54) is 24.3 Å². The number of unbranched alkanes of at least 4 members (excludes halogenated alkanes) is 1. The third kappa shape index (κ3) is 6.10. The maximum Gasteiger partial charge on any atom is 0.286 e. The number of rotatable bonds is 8. The first-order valence-corrected chi connectivity index (χ1v) is 10.3. The van der Waals surface area contributed by atoms with Gasteiger partial charge in [0.15, 0.2) is 5.01 Å². The highest BCUT2D eigenvalue weighted by Gasteiger charge is 2.15. The Morgan fingerprint density at radius 3 is 2.52 bits per heavy atom. The molecule has 0 fully saturated rings. The van der Waals surface area contributed by atoms with Gasteiger partial charge in [-0.05, 0) is 54.5 Å². The molecule has 29 heavy (non-hydrogen) atoms. The number of anilines is 1. The number of benzene rings is 2. The predicted octanol–water partition coefficient (Wildman–Crippen LogP) is 5.85. The Kier molecular flexibility index (Phi) is 7.32. The molecule has 0 bridgehead atoms. The monoisotopic (exact) mass is 431 g/mol. The fraction of sp³-hybridized carbons (Fsp3) is 0.190. The quantitative estimate of drug-likeness (QED) is 0.454. The fourth-order valence-corrected chi connectivity index (χ4v) is 3.26. The molecule has 0 unspecified atom stereocenters. The number of hydrogen-bond donors (Lipinski definition) is 1. The van der Waals surface area contributed by atoms with Crippen LogP contribution in [0.3, 0.4) is 0 Å². The van der Waals surface area contributed by atoms with Crippen molar-refractivity contribution in [2.45, 2.75) is 19.8 Å². The summed E-state index contributed by atoms with van der Waals surface area (Å²) in [6, 6.07) is 13.0. The number of hydrogen-bond acceptors (Lipinski definition) is 5. The first-order chi connectivity index (χ1) is 14.0. The van der Waals surface area contributed by atoms with Crippen LogP contribution < -0.4 is 10.1 Å². The smallest absolute Gasteiger partial charge is 0.286 e. The van der Waals surface area contributed by atoms with Crippen molar-refractivity contribution in [2.75, 3.05) is 11.9 Å². The highest BCUT2D eigenvalue weighted by atomic mass is 35.5. The maximum absolute atomic E-state index is 12.9. The number of carbonyl (C=O) groups excluding carboxylic acids is 1. The van der Waals surface area contributed by atoms with Gasteiger partial charge < -0.3 is 10.1 Å². The minimum Gasteiger partial charge on any atom is -0.494 e. The van der Waals surface area contributed by atoms with Gasteiger partial charge in [0.25, 0.3) is 5.91 Å². The summed E-state index contributed by atoms with van der Waals surface area (Å²) in [5.74, 6) is -0.000492. The van der Waals surface area contributed by atoms with E-state index in [1.54, 1.807) is 6.08 Å². The molecule has 0 aliphatic rings. The van der Waals surface area contributed by atoms with Crippen LogP contribution in [0.5, 0.6) is 5.75 Å². The van der Waals surface area contributed by atoms with Crippen LogP contribution in [0.15, 0.2) is 48.5 Å². The number of nitrogens with one attached hydrogen (secondary N) is 1. The van der Waals surface area contributed by atoms with Gasteiger partial charge >= 0.3 is 0 Å². The summed E-state index contributed by atoms with van der Waals surface area (Å²) >= 11 is 7.42. The highest BCUT2D eigenvalue weighted by molar-refractivity contribution is 7.15. The number of halogens is 2. The normalized spacial score (nSPS) is 11.3. The maximum atomic E-state index is 12.9.